The predicted molar refractivity (Wildman–Crippen MR) is 65.3 cm³/mol. The number of carboxylic acid groups (broad SMARTS) is 1. The smallest absolute Gasteiger partial charge is 0.339 e. The van der Waals surface area contributed by atoms with E-state index in [0.29, 0.717) is 10.9 Å². The van der Waals surface area contributed by atoms with E-state index in [9.17, 15) is 4.79 Å². The summed E-state index contributed by atoms with van der Waals surface area (Å²) in [6.07, 6.45) is 5.49. The second-order valence-corrected chi connectivity index (χ2v) is 4.00. The number of nitrogens with zero attached hydrogens (tertiary/aromatic N) is 2. The summed E-state index contributed by atoms with van der Waals surface area (Å²) in [5, 5.41) is 9.42. The van der Waals surface area contributed by atoms with Crippen LogP contribution in [0.3, 0.4) is 0 Å². The summed E-state index contributed by atoms with van der Waals surface area (Å²) in [6, 6.07) is 0. The highest BCUT2D eigenvalue weighted by Crippen LogP contribution is 2.22. The summed E-state index contributed by atoms with van der Waals surface area (Å²) >= 11 is 1.23. The Hall–Kier alpha value is -1.62. The quantitative estimate of drug-likeness (QED) is 0.359. The zero-order valence-corrected chi connectivity index (χ0v) is 10.7. The molecule has 0 unspecified atom stereocenters. The van der Waals surface area contributed by atoms with E-state index < -0.39 is 12.3 Å². The van der Waals surface area contributed by atoms with Crippen molar-refractivity contribution in [3.63, 3.8) is 0 Å². The van der Waals surface area contributed by atoms with Crippen molar-refractivity contribution in [2.75, 3.05) is 20.0 Å². The third-order valence-corrected chi connectivity index (χ3v) is 2.73. The summed E-state index contributed by atoms with van der Waals surface area (Å²) < 4.78 is 10.0. The first-order valence-electron chi connectivity index (χ1n) is 4.86. The van der Waals surface area contributed by atoms with Gasteiger partial charge in [0.25, 0.3) is 0 Å². The fourth-order valence-corrected chi connectivity index (χ4v) is 1.72. The Labute approximate surface area is 109 Å². The standard InChI is InChI=1S/C11H12N2O4S/c1-4-5-18-11-12-6-7(9(14)15)8(13-11)10(16-2)17-3/h1,6,10H,5H2,2-3H3,(H,14,15). The maximum atomic E-state index is 11.1. The van der Waals surface area contributed by atoms with Crippen LogP contribution < -0.4 is 0 Å². The molecule has 18 heavy (non-hydrogen) atoms. The number of carboxylic acids is 1. The van der Waals surface area contributed by atoms with Crippen LogP contribution in [-0.2, 0) is 9.47 Å². The first-order valence-corrected chi connectivity index (χ1v) is 5.84. The molecule has 0 aliphatic heterocycles. The summed E-state index contributed by atoms with van der Waals surface area (Å²) in [5.41, 5.74) is 0.107. The van der Waals surface area contributed by atoms with Crippen LogP contribution in [0, 0.1) is 12.3 Å². The average molecular weight is 268 g/mol. The summed E-state index contributed by atoms with van der Waals surface area (Å²) in [4.78, 5) is 19.1. The SMILES string of the molecule is C#CCSc1ncc(C(=O)O)c(C(OC)OC)n1. The highest BCUT2D eigenvalue weighted by atomic mass is 32.2. The van der Waals surface area contributed by atoms with E-state index in [1.807, 2.05) is 0 Å². The fraction of sp³-hybridized carbons (Fsp3) is 0.364. The third kappa shape index (κ3) is 3.43. The van der Waals surface area contributed by atoms with Crippen molar-refractivity contribution >= 4 is 17.7 Å². The lowest BCUT2D eigenvalue weighted by atomic mass is 10.2. The number of rotatable bonds is 6. The lowest BCUT2D eigenvalue weighted by molar-refractivity contribution is -0.109. The van der Waals surface area contributed by atoms with Crippen LogP contribution in [0.5, 0.6) is 0 Å². The zero-order chi connectivity index (χ0) is 13.5. The number of methoxy groups -OCH3 is 2. The van der Waals surface area contributed by atoms with Crippen molar-refractivity contribution in [3.8, 4) is 12.3 Å². The highest BCUT2D eigenvalue weighted by molar-refractivity contribution is 7.99. The molecule has 0 spiro atoms. The molecule has 6 nitrogen and oxygen atoms in total. The molecule has 1 aromatic heterocycles. The normalized spacial score (nSPS) is 10.3. The van der Waals surface area contributed by atoms with E-state index in [1.54, 1.807) is 0 Å². The van der Waals surface area contributed by atoms with E-state index in [1.165, 1.54) is 32.2 Å². The molecule has 0 bridgehead atoms. The average Bonchev–Trinajstić information content (AvgIpc) is 2.37. The van der Waals surface area contributed by atoms with Gasteiger partial charge in [-0.15, -0.1) is 6.42 Å². The Kier molecular flexibility index (Phi) is 5.58. The van der Waals surface area contributed by atoms with Gasteiger partial charge in [0, 0.05) is 20.4 Å². The van der Waals surface area contributed by atoms with Crippen molar-refractivity contribution in [2.45, 2.75) is 11.4 Å². The van der Waals surface area contributed by atoms with Crippen molar-refractivity contribution in [3.05, 3.63) is 17.5 Å². The molecule has 0 aliphatic carbocycles. The maximum absolute atomic E-state index is 11.1. The molecule has 0 saturated carbocycles. The minimum absolute atomic E-state index is 0.0613. The van der Waals surface area contributed by atoms with Gasteiger partial charge in [-0.3, -0.25) is 0 Å². The van der Waals surface area contributed by atoms with Gasteiger partial charge in [-0.1, -0.05) is 17.7 Å². The molecule has 0 atom stereocenters. The largest absolute Gasteiger partial charge is 0.478 e. The Morgan fingerprint density at radius 1 is 1.61 bits per heavy atom. The Balaban J connectivity index is 3.15. The topological polar surface area (TPSA) is 81.5 Å². The van der Waals surface area contributed by atoms with Gasteiger partial charge in [-0.25, -0.2) is 14.8 Å². The van der Waals surface area contributed by atoms with Crippen LogP contribution in [0.2, 0.25) is 0 Å². The van der Waals surface area contributed by atoms with E-state index in [-0.39, 0.29) is 11.3 Å². The molecule has 0 radical (unpaired) electrons. The molecule has 0 fully saturated rings. The molecule has 0 amide bonds. The number of thioether (sulfide) groups is 1. The lowest BCUT2D eigenvalue weighted by Gasteiger charge is -2.15. The van der Waals surface area contributed by atoms with E-state index in [2.05, 4.69) is 15.9 Å². The van der Waals surface area contributed by atoms with Crippen LogP contribution in [0.1, 0.15) is 22.3 Å². The number of carbonyl (C=O) groups is 1. The molecule has 1 N–H and O–H groups in total. The summed E-state index contributed by atoms with van der Waals surface area (Å²) in [6.45, 7) is 0. The highest BCUT2D eigenvalue weighted by Gasteiger charge is 2.21. The number of terminal acetylenes is 1. The molecular formula is C11H12N2O4S. The lowest BCUT2D eigenvalue weighted by Crippen LogP contribution is -2.14. The monoisotopic (exact) mass is 268 g/mol. The number of ether oxygens (including phenoxy) is 2. The Bertz CT molecular complexity index is 469. The van der Waals surface area contributed by atoms with Crippen molar-refractivity contribution in [1.29, 1.82) is 0 Å². The molecule has 1 heterocycles. The van der Waals surface area contributed by atoms with Gasteiger partial charge in [0.05, 0.1) is 5.75 Å². The van der Waals surface area contributed by atoms with Crippen LogP contribution in [0.15, 0.2) is 11.4 Å². The molecule has 1 aromatic rings. The number of aromatic carboxylic acids is 1. The predicted octanol–water partition coefficient (Wildman–Crippen LogP) is 1.19. The van der Waals surface area contributed by atoms with E-state index in [0.717, 1.165) is 0 Å². The second-order valence-electron chi connectivity index (χ2n) is 3.05. The van der Waals surface area contributed by atoms with Crippen LogP contribution in [0.4, 0.5) is 0 Å². The fourth-order valence-electron chi connectivity index (χ4n) is 1.22. The molecule has 0 aromatic carbocycles. The van der Waals surface area contributed by atoms with Crippen molar-refractivity contribution < 1.29 is 19.4 Å². The first-order chi connectivity index (χ1) is 8.63. The van der Waals surface area contributed by atoms with Crippen LogP contribution in [0.25, 0.3) is 0 Å². The van der Waals surface area contributed by atoms with Crippen molar-refractivity contribution in [1.82, 2.24) is 9.97 Å². The third-order valence-electron chi connectivity index (χ3n) is 1.96. The molecule has 0 saturated heterocycles. The minimum atomic E-state index is -1.14. The van der Waals surface area contributed by atoms with Gasteiger partial charge >= 0.3 is 5.97 Å². The summed E-state index contributed by atoms with van der Waals surface area (Å²) in [5.74, 6) is 1.69. The van der Waals surface area contributed by atoms with Gasteiger partial charge in [-0.05, 0) is 0 Å². The molecule has 96 valence electrons. The van der Waals surface area contributed by atoms with Crippen LogP contribution >= 0.6 is 11.8 Å². The number of hydrogen-bond acceptors (Lipinski definition) is 6. The van der Waals surface area contributed by atoms with Crippen LogP contribution in [-0.4, -0.2) is 41.0 Å². The van der Waals surface area contributed by atoms with E-state index in [4.69, 9.17) is 21.0 Å². The van der Waals surface area contributed by atoms with Crippen molar-refractivity contribution in [2.24, 2.45) is 0 Å². The number of aromatic nitrogens is 2. The van der Waals surface area contributed by atoms with Gasteiger partial charge in [0.15, 0.2) is 5.16 Å². The molecular weight excluding hydrogens is 256 g/mol. The molecule has 7 heteroatoms. The second kappa shape index (κ2) is 6.96. The first kappa shape index (κ1) is 14.4. The minimum Gasteiger partial charge on any atom is -0.478 e. The maximum Gasteiger partial charge on any atom is 0.339 e. The van der Waals surface area contributed by atoms with Gasteiger partial charge in [0.1, 0.15) is 11.3 Å². The van der Waals surface area contributed by atoms with Gasteiger partial charge in [-0.2, -0.15) is 0 Å². The van der Waals surface area contributed by atoms with E-state index >= 15 is 0 Å². The zero-order valence-electron chi connectivity index (χ0n) is 9.91. The molecule has 1 rings (SSSR count). The Morgan fingerprint density at radius 3 is 2.78 bits per heavy atom. The van der Waals surface area contributed by atoms with Gasteiger partial charge < -0.3 is 14.6 Å². The molecule has 0 aliphatic rings. The number of hydrogen-bond donors (Lipinski definition) is 1. The van der Waals surface area contributed by atoms with Gasteiger partial charge in [0.2, 0.25) is 6.29 Å². The summed E-state index contributed by atoms with van der Waals surface area (Å²) in [7, 11) is 2.80. The Morgan fingerprint density at radius 2 is 2.28 bits per heavy atom.